The van der Waals surface area contributed by atoms with Crippen molar-refractivity contribution in [3.63, 3.8) is 0 Å². The number of aryl methyl sites for hydroxylation is 1. The second-order valence-electron chi connectivity index (χ2n) is 4.23. The van der Waals surface area contributed by atoms with Crippen molar-refractivity contribution >= 4 is 11.3 Å². The Hall–Kier alpha value is -1.12. The maximum atomic E-state index is 6.41. The first kappa shape index (κ1) is 11.4. The van der Waals surface area contributed by atoms with Gasteiger partial charge in [0.05, 0.1) is 5.54 Å². The van der Waals surface area contributed by atoms with Crippen LogP contribution in [0.1, 0.15) is 29.9 Å². The van der Waals surface area contributed by atoms with Gasteiger partial charge < -0.3 is 5.73 Å². The molecule has 0 aliphatic heterocycles. The van der Waals surface area contributed by atoms with Crippen molar-refractivity contribution in [3.05, 3.63) is 57.8 Å². The van der Waals surface area contributed by atoms with E-state index in [1.54, 1.807) is 11.3 Å². The van der Waals surface area contributed by atoms with Gasteiger partial charge in [0.2, 0.25) is 0 Å². The van der Waals surface area contributed by atoms with E-state index in [1.165, 1.54) is 16.0 Å². The van der Waals surface area contributed by atoms with Gasteiger partial charge in [-0.05, 0) is 35.9 Å². The van der Waals surface area contributed by atoms with E-state index in [0.29, 0.717) is 0 Å². The maximum absolute atomic E-state index is 6.41. The van der Waals surface area contributed by atoms with Crippen LogP contribution >= 0.6 is 11.3 Å². The van der Waals surface area contributed by atoms with Crippen LogP contribution in [0.5, 0.6) is 0 Å². The lowest BCUT2D eigenvalue weighted by molar-refractivity contribution is 0.616. The fraction of sp³-hybridized carbons (Fsp3) is 0.286. The minimum absolute atomic E-state index is 0.375. The van der Waals surface area contributed by atoms with E-state index < -0.39 is 0 Å². The molecule has 0 aliphatic rings. The molecule has 2 rings (SSSR count). The Kier molecular flexibility index (Phi) is 3.13. The van der Waals surface area contributed by atoms with Crippen LogP contribution in [-0.2, 0) is 12.0 Å². The Labute approximate surface area is 101 Å². The van der Waals surface area contributed by atoms with E-state index in [2.05, 4.69) is 49.6 Å². The van der Waals surface area contributed by atoms with Crippen LogP contribution in [0.15, 0.2) is 41.8 Å². The highest BCUT2D eigenvalue weighted by Gasteiger charge is 2.24. The van der Waals surface area contributed by atoms with Gasteiger partial charge in [-0.1, -0.05) is 37.3 Å². The van der Waals surface area contributed by atoms with Crippen molar-refractivity contribution in [2.24, 2.45) is 5.73 Å². The Morgan fingerprint density at radius 3 is 2.38 bits per heavy atom. The number of rotatable bonds is 3. The summed E-state index contributed by atoms with van der Waals surface area (Å²) in [5, 5.41) is 2.07. The van der Waals surface area contributed by atoms with Crippen LogP contribution in [0.3, 0.4) is 0 Å². The average Bonchev–Trinajstić information content (AvgIpc) is 2.83. The highest BCUT2D eigenvalue weighted by molar-refractivity contribution is 7.10. The lowest BCUT2D eigenvalue weighted by Crippen LogP contribution is -2.33. The molecule has 2 N–H and O–H groups in total. The molecule has 1 atom stereocenters. The Bertz CT molecular complexity index is 440. The second kappa shape index (κ2) is 4.40. The third kappa shape index (κ3) is 2.04. The first-order chi connectivity index (χ1) is 7.64. The molecule has 84 valence electrons. The zero-order chi connectivity index (χ0) is 11.6. The van der Waals surface area contributed by atoms with Crippen LogP contribution in [0, 0.1) is 0 Å². The zero-order valence-corrected chi connectivity index (χ0v) is 10.6. The molecule has 0 radical (unpaired) electrons. The zero-order valence-electron chi connectivity index (χ0n) is 9.73. The third-order valence-electron chi connectivity index (χ3n) is 2.99. The summed E-state index contributed by atoms with van der Waals surface area (Å²) in [4.78, 5) is 1.21. The van der Waals surface area contributed by atoms with E-state index in [-0.39, 0.29) is 5.54 Å². The number of hydrogen-bond acceptors (Lipinski definition) is 2. The van der Waals surface area contributed by atoms with E-state index in [1.807, 2.05) is 6.07 Å². The molecule has 0 amide bonds. The predicted octanol–water partition coefficient (Wildman–Crippen LogP) is 3.53. The number of benzene rings is 1. The standard InChI is InChI=1S/C14H17NS/c1-3-11-6-8-12(9-7-11)14(2,15)13-5-4-10-16-13/h4-10H,3,15H2,1-2H3. The molecule has 1 heterocycles. The summed E-state index contributed by atoms with van der Waals surface area (Å²) in [6.45, 7) is 4.23. The van der Waals surface area contributed by atoms with Gasteiger partial charge in [0.15, 0.2) is 0 Å². The molecule has 1 aromatic carbocycles. The summed E-state index contributed by atoms with van der Waals surface area (Å²) in [5.41, 5.74) is 8.56. The molecule has 0 aliphatic carbocycles. The molecular formula is C14H17NS. The van der Waals surface area contributed by atoms with Gasteiger partial charge in [-0.3, -0.25) is 0 Å². The third-order valence-corrected chi connectivity index (χ3v) is 4.10. The first-order valence-electron chi connectivity index (χ1n) is 5.57. The van der Waals surface area contributed by atoms with Crippen molar-refractivity contribution < 1.29 is 0 Å². The average molecular weight is 231 g/mol. The fourth-order valence-corrected chi connectivity index (χ4v) is 2.63. The minimum atomic E-state index is -0.375. The molecule has 2 aromatic rings. The molecule has 1 aromatic heterocycles. The van der Waals surface area contributed by atoms with E-state index in [0.717, 1.165) is 6.42 Å². The first-order valence-corrected chi connectivity index (χ1v) is 6.45. The number of thiophene rings is 1. The van der Waals surface area contributed by atoms with Crippen LogP contribution in [-0.4, -0.2) is 0 Å². The summed E-state index contributed by atoms with van der Waals surface area (Å²) < 4.78 is 0. The van der Waals surface area contributed by atoms with E-state index in [9.17, 15) is 0 Å². The highest BCUT2D eigenvalue weighted by atomic mass is 32.1. The summed E-state index contributed by atoms with van der Waals surface area (Å²) in [6.07, 6.45) is 1.07. The van der Waals surface area contributed by atoms with E-state index >= 15 is 0 Å². The van der Waals surface area contributed by atoms with Gasteiger partial charge >= 0.3 is 0 Å². The Morgan fingerprint density at radius 2 is 1.88 bits per heavy atom. The minimum Gasteiger partial charge on any atom is -0.317 e. The number of hydrogen-bond donors (Lipinski definition) is 1. The predicted molar refractivity (Wildman–Crippen MR) is 70.8 cm³/mol. The molecule has 1 unspecified atom stereocenters. The van der Waals surface area contributed by atoms with E-state index in [4.69, 9.17) is 5.73 Å². The highest BCUT2D eigenvalue weighted by Crippen LogP contribution is 2.29. The van der Waals surface area contributed by atoms with Crippen molar-refractivity contribution in [1.29, 1.82) is 0 Å². The lowest BCUT2D eigenvalue weighted by Gasteiger charge is -2.24. The fourth-order valence-electron chi connectivity index (χ4n) is 1.80. The molecule has 16 heavy (non-hydrogen) atoms. The summed E-state index contributed by atoms with van der Waals surface area (Å²) >= 11 is 1.71. The van der Waals surface area contributed by atoms with Gasteiger partial charge in [0, 0.05) is 4.88 Å². The quantitative estimate of drug-likeness (QED) is 0.859. The molecule has 0 spiro atoms. The molecule has 0 saturated carbocycles. The smallest absolute Gasteiger partial charge is 0.0730 e. The van der Waals surface area contributed by atoms with Crippen LogP contribution < -0.4 is 5.73 Å². The lowest BCUT2D eigenvalue weighted by atomic mass is 9.91. The van der Waals surface area contributed by atoms with Gasteiger partial charge in [-0.25, -0.2) is 0 Å². The van der Waals surface area contributed by atoms with Crippen molar-refractivity contribution in [3.8, 4) is 0 Å². The van der Waals surface area contributed by atoms with Gasteiger partial charge in [0.1, 0.15) is 0 Å². The Morgan fingerprint density at radius 1 is 1.19 bits per heavy atom. The van der Waals surface area contributed by atoms with Gasteiger partial charge in [-0.15, -0.1) is 11.3 Å². The van der Waals surface area contributed by atoms with Crippen molar-refractivity contribution in [2.45, 2.75) is 25.8 Å². The topological polar surface area (TPSA) is 26.0 Å². The van der Waals surface area contributed by atoms with Gasteiger partial charge in [-0.2, -0.15) is 0 Å². The summed E-state index contributed by atoms with van der Waals surface area (Å²) in [7, 11) is 0. The summed E-state index contributed by atoms with van der Waals surface area (Å²) in [5.74, 6) is 0. The number of nitrogens with two attached hydrogens (primary N) is 1. The molecule has 1 nitrogen and oxygen atoms in total. The second-order valence-corrected chi connectivity index (χ2v) is 5.18. The SMILES string of the molecule is CCc1ccc(C(C)(N)c2cccs2)cc1. The van der Waals surface area contributed by atoms with Crippen molar-refractivity contribution in [1.82, 2.24) is 0 Å². The molecule has 0 fully saturated rings. The maximum Gasteiger partial charge on any atom is 0.0730 e. The normalized spacial score (nSPS) is 14.7. The van der Waals surface area contributed by atoms with Gasteiger partial charge in [0.25, 0.3) is 0 Å². The van der Waals surface area contributed by atoms with Crippen molar-refractivity contribution in [2.75, 3.05) is 0 Å². The molecule has 2 heteroatoms. The summed E-state index contributed by atoms with van der Waals surface area (Å²) in [6, 6.07) is 12.7. The monoisotopic (exact) mass is 231 g/mol. The van der Waals surface area contributed by atoms with Crippen LogP contribution in [0.25, 0.3) is 0 Å². The Balaban J connectivity index is 2.35. The molecule has 0 bridgehead atoms. The van der Waals surface area contributed by atoms with Crippen LogP contribution in [0.4, 0.5) is 0 Å². The molecular weight excluding hydrogens is 214 g/mol. The largest absolute Gasteiger partial charge is 0.317 e. The molecule has 0 saturated heterocycles. The van der Waals surface area contributed by atoms with Crippen LogP contribution in [0.2, 0.25) is 0 Å².